The number of piperazine rings is 1. The van der Waals surface area contributed by atoms with Crippen LogP contribution in [0.3, 0.4) is 0 Å². The number of amides is 1. The van der Waals surface area contributed by atoms with Gasteiger partial charge in [0.15, 0.2) is 0 Å². The minimum absolute atomic E-state index is 0.197. The molecule has 2 aromatic carbocycles. The van der Waals surface area contributed by atoms with Crippen molar-refractivity contribution < 1.29 is 4.79 Å². The summed E-state index contributed by atoms with van der Waals surface area (Å²) in [5.74, 6) is -0.197. The molecule has 1 N–H and O–H groups in total. The summed E-state index contributed by atoms with van der Waals surface area (Å²) in [5.41, 5.74) is 2.53. The Bertz CT molecular complexity index is 797. The van der Waals surface area contributed by atoms with E-state index in [2.05, 4.69) is 22.2 Å². The molecule has 136 valence electrons. The van der Waals surface area contributed by atoms with Crippen molar-refractivity contribution in [2.24, 2.45) is 0 Å². The third-order valence-electron chi connectivity index (χ3n) is 4.36. The minimum Gasteiger partial charge on any atom is -0.366 e. The molecule has 0 aliphatic carbocycles. The van der Waals surface area contributed by atoms with E-state index in [-0.39, 0.29) is 5.91 Å². The van der Waals surface area contributed by atoms with Crippen molar-refractivity contribution in [2.45, 2.75) is 0 Å². The number of hydrogen-bond acceptors (Lipinski definition) is 3. The summed E-state index contributed by atoms with van der Waals surface area (Å²) >= 11 is 12.3. The summed E-state index contributed by atoms with van der Waals surface area (Å²) in [6, 6.07) is 12.9. The van der Waals surface area contributed by atoms with Gasteiger partial charge in [-0.15, -0.1) is 0 Å². The predicted molar refractivity (Wildman–Crippen MR) is 110 cm³/mol. The predicted octanol–water partition coefficient (Wildman–Crippen LogP) is 4.40. The fourth-order valence-corrected chi connectivity index (χ4v) is 3.31. The van der Waals surface area contributed by atoms with E-state index < -0.39 is 0 Å². The molecular weight excluding hydrogens is 369 g/mol. The second-order valence-corrected chi connectivity index (χ2v) is 7.14. The zero-order valence-electron chi connectivity index (χ0n) is 14.6. The molecule has 4 nitrogen and oxygen atoms in total. The van der Waals surface area contributed by atoms with Crippen LogP contribution >= 0.6 is 23.2 Å². The van der Waals surface area contributed by atoms with Gasteiger partial charge in [0.2, 0.25) is 5.91 Å². The van der Waals surface area contributed by atoms with Gasteiger partial charge in [0, 0.05) is 37.3 Å². The Hall–Kier alpha value is -2.01. The number of rotatable bonds is 4. The lowest BCUT2D eigenvalue weighted by Crippen LogP contribution is -2.44. The van der Waals surface area contributed by atoms with Crippen LogP contribution in [0.1, 0.15) is 5.56 Å². The fraction of sp³-hybridized carbons (Fsp3) is 0.250. The summed E-state index contributed by atoms with van der Waals surface area (Å²) in [5, 5.41) is 4.27. The number of halogens is 2. The maximum Gasteiger partial charge on any atom is 0.248 e. The van der Waals surface area contributed by atoms with Crippen LogP contribution in [0, 0.1) is 0 Å². The second kappa shape index (κ2) is 8.58. The van der Waals surface area contributed by atoms with Gasteiger partial charge in [0.1, 0.15) is 0 Å². The van der Waals surface area contributed by atoms with Gasteiger partial charge in [0.25, 0.3) is 0 Å². The second-order valence-electron chi connectivity index (χ2n) is 6.30. The van der Waals surface area contributed by atoms with E-state index in [1.807, 2.05) is 30.3 Å². The van der Waals surface area contributed by atoms with Crippen LogP contribution in [0.15, 0.2) is 48.5 Å². The smallest absolute Gasteiger partial charge is 0.248 e. The number of anilines is 2. The molecule has 0 unspecified atom stereocenters. The SMILES string of the molecule is CN1CCN(c2c(Cl)cccc2NC(=O)/C=C/c2ccc(Cl)cc2)CC1. The highest BCUT2D eigenvalue weighted by molar-refractivity contribution is 6.34. The molecule has 26 heavy (non-hydrogen) atoms. The quantitative estimate of drug-likeness (QED) is 0.787. The molecule has 1 fully saturated rings. The summed E-state index contributed by atoms with van der Waals surface area (Å²) in [6.07, 6.45) is 3.27. The Labute approximate surface area is 164 Å². The van der Waals surface area contributed by atoms with Crippen LogP contribution in [0.2, 0.25) is 10.0 Å². The van der Waals surface area contributed by atoms with Gasteiger partial charge in [-0.2, -0.15) is 0 Å². The molecule has 3 rings (SSSR count). The monoisotopic (exact) mass is 389 g/mol. The lowest BCUT2D eigenvalue weighted by atomic mass is 10.2. The first-order chi connectivity index (χ1) is 12.5. The molecule has 1 aliphatic rings. The number of carbonyl (C=O) groups excluding carboxylic acids is 1. The number of benzene rings is 2. The zero-order chi connectivity index (χ0) is 18.5. The molecule has 0 radical (unpaired) electrons. The van der Waals surface area contributed by atoms with Gasteiger partial charge < -0.3 is 15.1 Å². The highest BCUT2D eigenvalue weighted by Crippen LogP contribution is 2.34. The highest BCUT2D eigenvalue weighted by atomic mass is 35.5. The van der Waals surface area contributed by atoms with Gasteiger partial charge in [-0.1, -0.05) is 41.4 Å². The molecule has 1 aliphatic heterocycles. The number of hydrogen-bond donors (Lipinski definition) is 1. The van der Waals surface area contributed by atoms with E-state index in [1.165, 1.54) is 6.08 Å². The summed E-state index contributed by atoms with van der Waals surface area (Å²) < 4.78 is 0. The van der Waals surface area contributed by atoms with Crippen molar-refractivity contribution in [3.63, 3.8) is 0 Å². The Morgan fingerprint density at radius 2 is 1.73 bits per heavy atom. The normalized spacial score (nSPS) is 15.4. The molecule has 0 atom stereocenters. The number of nitrogens with one attached hydrogen (secondary N) is 1. The number of likely N-dealkylation sites (N-methyl/N-ethyl adjacent to an activating group) is 1. The molecule has 0 saturated carbocycles. The van der Waals surface area contributed by atoms with Crippen LogP contribution < -0.4 is 10.2 Å². The number of para-hydroxylation sites is 1. The van der Waals surface area contributed by atoms with Gasteiger partial charge >= 0.3 is 0 Å². The first-order valence-electron chi connectivity index (χ1n) is 8.49. The van der Waals surface area contributed by atoms with Gasteiger partial charge in [-0.25, -0.2) is 0 Å². The van der Waals surface area contributed by atoms with Gasteiger partial charge in [-0.05, 0) is 43.0 Å². The maximum absolute atomic E-state index is 12.4. The van der Waals surface area contributed by atoms with Crippen LogP contribution in [0.25, 0.3) is 6.08 Å². The molecule has 0 aromatic heterocycles. The Morgan fingerprint density at radius 1 is 1.04 bits per heavy atom. The Morgan fingerprint density at radius 3 is 2.42 bits per heavy atom. The minimum atomic E-state index is -0.197. The first-order valence-corrected chi connectivity index (χ1v) is 9.25. The van der Waals surface area contributed by atoms with Crippen molar-refractivity contribution >= 4 is 46.6 Å². The van der Waals surface area contributed by atoms with Crippen molar-refractivity contribution in [1.29, 1.82) is 0 Å². The van der Waals surface area contributed by atoms with E-state index in [9.17, 15) is 4.79 Å². The molecule has 6 heteroatoms. The summed E-state index contributed by atoms with van der Waals surface area (Å²) in [7, 11) is 2.11. The molecule has 1 amide bonds. The summed E-state index contributed by atoms with van der Waals surface area (Å²) in [6.45, 7) is 3.69. The topological polar surface area (TPSA) is 35.6 Å². The van der Waals surface area contributed by atoms with Crippen LogP contribution in [0.5, 0.6) is 0 Å². The lowest BCUT2D eigenvalue weighted by Gasteiger charge is -2.35. The van der Waals surface area contributed by atoms with Crippen molar-refractivity contribution in [3.05, 3.63) is 64.1 Å². The Balaban J connectivity index is 1.73. The maximum atomic E-state index is 12.4. The van der Waals surface area contributed by atoms with Crippen LogP contribution in [-0.2, 0) is 4.79 Å². The lowest BCUT2D eigenvalue weighted by molar-refractivity contribution is -0.111. The van der Waals surface area contributed by atoms with Crippen LogP contribution in [-0.4, -0.2) is 44.0 Å². The van der Waals surface area contributed by atoms with Crippen LogP contribution in [0.4, 0.5) is 11.4 Å². The molecule has 1 saturated heterocycles. The largest absolute Gasteiger partial charge is 0.366 e. The third kappa shape index (κ3) is 4.79. The van der Waals surface area contributed by atoms with E-state index in [1.54, 1.807) is 18.2 Å². The van der Waals surface area contributed by atoms with Crippen molar-refractivity contribution in [1.82, 2.24) is 4.90 Å². The van der Waals surface area contributed by atoms with E-state index in [0.717, 1.165) is 43.1 Å². The average molecular weight is 390 g/mol. The summed E-state index contributed by atoms with van der Waals surface area (Å²) in [4.78, 5) is 16.9. The van der Waals surface area contributed by atoms with Crippen molar-refractivity contribution in [2.75, 3.05) is 43.4 Å². The first kappa shape index (κ1) is 18.8. The number of nitrogens with zero attached hydrogens (tertiary/aromatic N) is 2. The molecule has 0 bridgehead atoms. The zero-order valence-corrected chi connectivity index (χ0v) is 16.1. The standard InChI is InChI=1S/C20H21Cl2N3O/c1-24-11-13-25(14-12-24)20-17(22)3-2-4-18(20)23-19(26)10-7-15-5-8-16(21)9-6-15/h2-10H,11-14H2,1H3,(H,23,26)/b10-7+. The molecular formula is C20H21Cl2N3O. The molecule has 0 spiro atoms. The third-order valence-corrected chi connectivity index (χ3v) is 4.92. The van der Waals surface area contributed by atoms with E-state index in [4.69, 9.17) is 23.2 Å². The van der Waals surface area contributed by atoms with E-state index in [0.29, 0.717) is 10.0 Å². The van der Waals surface area contributed by atoms with Gasteiger partial charge in [-0.3, -0.25) is 4.79 Å². The highest BCUT2D eigenvalue weighted by Gasteiger charge is 2.20. The average Bonchev–Trinajstić information content (AvgIpc) is 2.63. The molecule has 2 aromatic rings. The Kier molecular flexibility index (Phi) is 6.20. The fourth-order valence-electron chi connectivity index (χ4n) is 2.89. The number of carbonyl (C=O) groups is 1. The van der Waals surface area contributed by atoms with E-state index >= 15 is 0 Å². The van der Waals surface area contributed by atoms with Gasteiger partial charge in [0.05, 0.1) is 16.4 Å². The molecule has 1 heterocycles. The van der Waals surface area contributed by atoms with Crippen molar-refractivity contribution in [3.8, 4) is 0 Å².